The van der Waals surface area contributed by atoms with Crippen molar-refractivity contribution in [3.05, 3.63) is 70.9 Å². The number of benzene rings is 2. The van der Waals surface area contributed by atoms with E-state index >= 15 is 0 Å². The highest BCUT2D eigenvalue weighted by atomic mass is 19.4. The largest absolute Gasteiger partial charge is 0.416 e. The van der Waals surface area contributed by atoms with Crippen molar-refractivity contribution in [2.45, 2.75) is 55.9 Å². The number of amides is 1. The number of nitrogens with zero attached hydrogens (tertiary/aromatic N) is 2. The van der Waals surface area contributed by atoms with Crippen molar-refractivity contribution in [2.75, 3.05) is 32.8 Å². The lowest BCUT2D eigenvalue weighted by Crippen LogP contribution is -2.66. The normalized spacial score (nSPS) is 23.6. The number of fused-ring (bicyclic) bond motifs is 2. The number of halogens is 6. The van der Waals surface area contributed by atoms with Gasteiger partial charge in [-0.1, -0.05) is 18.2 Å². The van der Waals surface area contributed by atoms with Crippen LogP contribution in [0.15, 0.2) is 48.7 Å². The Morgan fingerprint density at radius 2 is 1.66 bits per heavy atom. The van der Waals surface area contributed by atoms with E-state index in [4.69, 9.17) is 9.47 Å². The van der Waals surface area contributed by atoms with Gasteiger partial charge in [-0.25, -0.2) is 0 Å². The number of aromatic nitrogens is 1. The molecule has 220 valence electrons. The Hall–Kier alpha value is -3.09. The fourth-order valence-corrected chi connectivity index (χ4v) is 6.33. The van der Waals surface area contributed by atoms with E-state index in [-0.39, 0.29) is 18.7 Å². The van der Waals surface area contributed by atoms with Gasteiger partial charge < -0.3 is 19.4 Å². The minimum atomic E-state index is -5.05. The van der Waals surface area contributed by atoms with Crippen LogP contribution in [0, 0.1) is 0 Å². The third-order valence-electron chi connectivity index (χ3n) is 8.36. The quantitative estimate of drug-likeness (QED) is 0.394. The lowest BCUT2D eigenvalue weighted by Gasteiger charge is -2.53. The fraction of sp³-hybridized carbons (Fsp3) is 0.483. The molecule has 12 heteroatoms. The number of nitrogens with one attached hydrogen (secondary N) is 1. The van der Waals surface area contributed by atoms with Crippen LogP contribution in [0.5, 0.6) is 0 Å². The zero-order valence-corrected chi connectivity index (χ0v) is 22.0. The number of aromatic amines is 1. The van der Waals surface area contributed by atoms with Crippen molar-refractivity contribution >= 4 is 16.8 Å². The van der Waals surface area contributed by atoms with Crippen molar-refractivity contribution in [3.8, 4) is 0 Å². The molecule has 3 aliphatic heterocycles. The van der Waals surface area contributed by atoms with Gasteiger partial charge in [0.2, 0.25) is 0 Å². The molecule has 41 heavy (non-hydrogen) atoms. The molecule has 0 bridgehead atoms. The first-order chi connectivity index (χ1) is 19.4. The minimum absolute atomic E-state index is 0.0445. The molecule has 0 unspecified atom stereocenters. The summed E-state index contributed by atoms with van der Waals surface area (Å²) < 4.78 is 93.6. The van der Waals surface area contributed by atoms with Crippen LogP contribution >= 0.6 is 0 Å². The van der Waals surface area contributed by atoms with Crippen LogP contribution in [0.25, 0.3) is 10.9 Å². The maximum Gasteiger partial charge on any atom is 0.416 e. The summed E-state index contributed by atoms with van der Waals surface area (Å²) in [7, 11) is 0. The predicted molar refractivity (Wildman–Crippen MR) is 137 cm³/mol. The maximum absolute atomic E-state index is 13.8. The van der Waals surface area contributed by atoms with Gasteiger partial charge in [-0.2, -0.15) is 26.3 Å². The highest BCUT2D eigenvalue weighted by molar-refractivity contribution is 5.95. The van der Waals surface area contributed by atoms with E-state index in [1.165, 1.54) is 4.90 Å². The number of rotatable bonds is 3. The van der Waals surface area contributed by atoms with Gasteiger partial charge in [-0.3, -0.25) is 9.69 Å². The van der Waals surface area contributed by atoms with E-state index in [2.05, 4.69) is 9.88 Å². The molecule has 6 rings (SSSR count). The fourth-order valence-electron chi connectivity index (χ4n) is 6.33. The number of hydrogen-bond acceptors (Lipinski definition) is 4. The van der Waals surface area contributed by atoms with Crippen molar-refractivity contribution in [2.24, 2.45) is 0 Å². The van der Waals surface area contributed by atoms with Crippen LogP contribution in [0.3, 0.4) is 0 Å². The molecule has 1 aromatic heterocycles. The van der Waals surface area contributed by atoms with Crippen LogP contribution in [-0.4, -0.2) is 71.4 Å². The third kappa shape index (κ3) is 5.56. The van der Waals surface area contributed by atoms with Gasteiger partial charge >= 0.3 is 12.4 Å². The molecular formula is C29H29F6N3O3. The summed E-state index contributed by atoms with van der Waals surface area (Å²) in [6, 6.07) is 8.04. The first kappa shape index (κ1) is 28.0. The molecule has 3 saturated heterocycles. The van der Waals surface area contributed by atoms with Crippen LogP contribution in [0.2, 0.25) is 0 Å². The second kappa shape index (κ2) is 10.3. The Labute approximate surface area is 232 Å². The summed E-state index contributed by atoms with van der Waals surface area (Å²) in [5, 5.41) is 0.939. The molecule has 1 amide bonds. The zero-order chi connectivity index (χ0) is 29.0. The average molecular weight is 582 g/mol. The number of carbonyl (C=O) groups is 1. The van der Waals surface area contributed by atoms with Crippen LogP contribution < -0.4 is 0 Å². The Balaban J connectivity index is 1.35. The number of ether oxygens (including phenoxy) is 2. The number of para-hydroxylation sites is 1. The van der Waals surface area contributed by atoms with Gasteiger partial charge in [0.1, 0.15) is 0 Å². The number of piperidine rings is 1. The van der Waals surface area contributed by atoms with E-state index in [9.17, 15) is 31.1 Å². The van der Waals surface area contributed by atoms with E-state index in [0.29, 0.717) is 57.7 Å². The van der Waals surface area contributed by atoms with Gasteiger partial charge in [-0.05, 0) is 49.1 Å². The predicted octanol–water partition coefficient (Wildman–Crippen LogP) is 5.87. The molecule has 3 fully saturated rings. The van der Waals surface area contributed by atoms with E-state index in [0.717, 1.165) is 22.9 Å². The van der Waals surface area contributed by atoms with Crippen LogP contribution in [0.1, 0.15) is 46.3 Å². The molecule has 6 nitrogen and oxygen atoms in total. The summed E-state index contributed by atoms with van der Waals surface area (Å²) in [6.07, 6.45) is -5.90. The minimum Gasteiger partial charge on any atom is -0.361 e. The maximum atomic E-state index is 13.8. The van der Waals surface area contributed by atoms with Crippen molar-refractivity contribution in [3.63, 3.8) is 0 Å². The number of carbonyl (C=O) groups excluding carboxylic acids is 1. The number of hydrogen-bond donors (Lipinski definition) is 1. The first-order valence-electron chi connectivity index (χ1n) is 13.6. The second-order valence-electron chi connectivity index (χ2n) is 11.1. The molecule has 4 heterocycles. The smallest absolute Gasteiger partial charge is 0.361 e. The lowest BCUT2D eigenvalue weighted by atomic mass is 9.90. The molecular weight excluding hydrogens is 552 g/mol. The monoisotopic (exact) mass is 581 g/mol. The molecule has 2 atom stereocenters. The molecule has 0 aliphatic carbocycles. The SMILES string of the molecule is O=C(c1cc(C(F)(F)F)cc(C(F)(F)F)c1)N1C[C@H]2CCC3(CN2C[C@H]1Cc1c[nH]c2ccccc12)OCCCO3. The molecule has 0 radical (unpaired) electrons. The second-order valence-corrected chi connectivity index (χ2v) is 11.1. The van der Waals surface area contributed by atoms with Gasteiger partial charge in [0.05, 0.1) is 30.9 Å². The number of H-pyrrole nitrogens is 1. The van der Waals surface area contributed by atoms with Crippen LogP contribution in [-0.2, 0) is 28.2 Å². The highest BCUT2D eigenvalue weighted by Gasteiger charge is 2.47. The van der Waals surface area contributed by atoms with Crippen LogP contribution in [0.4, 0.5) is 26.3 Å². The van der Waals surface area contributed by atoms with Gasteiger partial charge in [0, 0.05) is 54.3 Å². The summed E-state index contributed by atoms with van der Waals surface area (Å²) in [4.78, 5) is 20.7. The van der Waals surface area contributed by atoms with Crippen molar-refractivity contribution in [1.82, 2.24) is 14.8 Å². The summed E-state index contributed by atoms with van der Waals surface area (Å²) >= 11 is 0. The van der Waals surface area contributed by atoms with E-state index in [1.54, 1.807) is 0 Å². The topological polar surface area (TPSA) is 57.8 Å². The standard InChI is InChI=1S/C29H29F6N3O3/c30-28(31,32)20-10-18(11-21(13-20)29(33,34)35)26(39)38-16-22-6-7-27(40-8-3-9-41-27)17-37(22)15-23(38)12-19-14-36-25-5-2-1-4-24(19)25/h1-2,4-5,10-11,13-14,22-23,36H,3,6-9,12,15-17H2/t22-,23-/m1/s1. The van der Waals surface area contributed by atoms with Gasteiger partial charge in [0.15, 0.2) is 5.79 Å². The first-order valence-corrected chi connectivity index (χ1v) is 13.6. The van der Waals surface area contributed by atoms with Gasteiger partial charge in [-0.15, -0.1) is 0 Å². The summed E-state index contributed by atoms with van der Waals surface area (Å²) in [5.41, 5.74) is -1.85. The zero-order valence-electron chi connectivity index (χ0n) is 22.0. The molecule has 1 spiro atoms. The molecule has 1 N–H and O–H groups in total. The van der Waals surface area contributed by atoms with E-state index < -0.39 is 46.8 Å². The molecule has 3 aliphatic rings. The highest BCUT2D eigenvalue weighted by Crippen LogP contribution is 2.39. The summed E-state index contributed by atoms with van der Waals surface area (Å²) in [5.74, 6) is -1.59. The lowest BCUT2D eigenvalue weighted by molar-refractivity contribution is -0.293. The Bertz CT molecular complexity index is 1400. The van der Waals surface area contributed by atoms with Crippen molar-refractivity contribution in [1.29, 1.82) is 0 Å². The average Bonchev–Trinajstić information content (AvgIpc) is 3.34. The molecule has 3 aromatic rings. The Morgan fingerprint density at radius 3 is 2.34 bits per heavy atom. The summed E-state index contributed by atoms with van der Waals surface area (Å²) in [6.45, 7) is 2.18. The third-order valence-corrected chi connectivity index (χ3v) is 8.36. The number of alkyl halides is 6. The Morgan fingerprint density at radius 1 is 0.976 bits per heavy atom. The Kier molecular flexibility index (Phi) is 7.06. The molecule has 0 saturated carbocycles. The van der Waals surface area contributed by atoms with Gasteiger partial charge in [0.25, 0.3) is 5.91 Å². The van der Waals surface area contributed by atoms with Crippen molar-refractivity contribution < 1.29 is 40.6 Å². The molecule has 2 aromatic carbocycles. The number of piperazine rings is 1. The van der Waals surface area contributed by atoms with E-state index in [1.807, 2.05) is 30.5 Å².